The van der Waals surface area contributed by atoms with Crippen LogP contribution in [0.4, 0.5) is 5.82 Å². The Hall–Kier alpha value is -3.68. The summed E-state index contributed by atoms with van der Waals surface area (Å²) in [5, 5.41) is 6.74. The van der Waals surface area contributed by atoms with Gasteiger partial charge in [-0.15, -0.1) is 6.42 Å². The third-order valence-electron chi connectivity index (χ3n) is 6.98. The molecule has 0 saturated carbocycles. The number of hydrogen-bond acceptors (Lipinski definition) is 7. The minimum absolute atomic E-state index is 0.0240. The summed E-state index contributed by atoms with van der Waals surface area (Å²) in [6.07, 6.45) is 10.2. The molecule has 0 saturated heterocycles. The third kappa shape index (κ3) is 9.40. The van der Waals surface area contributed by atoms with E-state index in [1.165, 1.54) is 0 Å². The first-order chi connectivity index (χ1) is 21.0. The number of unbranched alkanes of at least 4 members (excludes halogenated alkanes) is 2. The number of carbonyl (C=O) groups excluding carboxylic acids is 2. The normalized spacial score (nSPS) is 11.1. The third-order valence-corrected chi connectivity index (χ3v) is 9.07. The predicted octanol–water partition coefficient (Wildman–Crippen LogP) is 5.17. The number of para-hydroxylation sites is 1. The SMILES string of the molecule is C#CCNC(=O)CSCCCCSCC(=O)NCc1ccc(Cn2c(CCCC)nc3c(N)nc4ccccc4c32)cc1. The van der Waals surface area contributed by atoms with E-state index in [9.17, 15) is 9.59 Å². The number of hydrogen-bond donors (Lipinski definition) is 3. The van der Waals surface area contributed by atoms with Crippen molar-refractivity contribution in [1.82, 2.24) is 25.2 Å². The van der Waals surface area contributed by atoms with Gasteiger partial charge < -0.3 is 20.9 Å². The average Bonchev–Trinajstić information content (AvgIpc) is 3.38. The first-order valence-electron chi connectivity index (χ1n) is 14.7. The largest absolute Gasteiger partial charge is 0.382 e. The van der Waals surface area contributed by atoms with Crippen LogP contribution in [-0.4, -0.2) is 55.9 Å². The number of fused-ring (bicyclic) bond motifs is 3. The van der Waals surface area contributed by atoms with Crippen molar-refractivity contribution < 1.29 is 9.59 Å². The van der Waals surface area contributed by atoms with Crippen molar-refractivity contribution in [2.45, 2.75) is 52.1 Å². The van der Waals surface area contributed by atoms with Crippen LogP contribution in [0.15, 0.2) is 48.5 Å². The molecule has 0 aliphatic rings. The van der Waals surface area contributed by atoms with Gasteiger partial charge in [0.2, 0.25) is 11.8 Å². The zero-order chi connectivity index (χ0) is 30.4. The lowest BCUT2D eigenvalue weighted by Gasteiger charge is -2.12. The Bertz CT molecular complexity index is 1560. The van der Waals surface area contributed by atoms with Crippen LogP contribution >= 0.6 is 23.5 Å². The maximum absolute atomic E-state index is 12.4. The Morgan fingerprint density at radius 3 is 2.30 bits per heavy atom. The minimum Gasteiger partial charge on any atom is -0.382 e. The van der Waals surface area contributed by atoms with Gasteiger partial charge in [0.05, 0.1) is 29.1 Å². The zero-order valence-electron chi connectivity index (χ0n) is 24.7. The van der Waals surface area contributed by atoms with E-state index in [1.807, 2.05) is 18.2 Å². The number of amides is 2. The number of rotatable bonds is 17. The van der Waals surface area contributed by atoms with Crippen molar-refractivity contribution in [3.63, 3.8) is 0 Å². The molecule has 0 unspecified atom stereocenters. The molecule has 2 aromatic carbocycles. The fraction of sp³-hybridized carbons (Fsp3) is 0.394. The quantitative estimate of drug-likeness (QED) is 0.111. The predicted molar refractivity (Wildman–Crippen MR) is 181 cm³/mol. The van der Waals surface area contributed by atoms with Crippen LogP contribution in [0.25, 0.3) is 21.9 Å². The Kier molecular flexibility index (Phi) is 12.6. The molecule has 2 amide bonds. The summed E-state index contributed by atoms with van der Waals surface area (Å²) in [5.41, 5.74) is 11.2. The summed E-state index contributed by atoms with van der Waals surface area (Å²) < 4.78 is 2.29. The lowest BCUT2D eigenvalue weighted by atomic mass is 10.1. The first-order valence-corrected chi connectivity index (χ1v) is 17.0. The lowest BCUT2D eigenvalue weighted by Crippen LogP contribution is -2.25. The maximum atomic E-state index is 12.4. The highest BCUT2D eigenvalue weighted by molar-refractivity contribution is 8.00. The van der Waals surface area contributed by atoms with E-state index in [2.05, 4.69) is 63.4 Å². The van der Waals surface area contributed by atoms with Gasteiger partial charge >= 0.3 is 0 Å². The van der Waals surface area contributed by atoms with Gasteiger partial charge in [0.15, 0.2) is 5.82 Å². The summed E-state index contributed by atoms with van der Waals surface area (Å²) in [5.74, 6) is 6.62. The van der Waals surface area contributed by atoms with Crippen LogP contribution in [0, 0.1) is 12.3 Å². The van der Waals surface area contributed by atoms with Gasteiger partial charge in [-0.1, -0.05) is 61.7 Å². The fourth-order valence-corrected chi connectivity index (χ4v) is 6.42. The summed E-state index contributed by atoms with van der Waals surface area (Å²) >= 11 is 3.25. The highest BCUT2D eigenvalue weighted by Gasteiger charge is 2.17. The highest BCUT2D eigenvalue weighted by Crippen LogP contribution is 2.30. The molecule has 2 aromatic heterocycles. The van der Waals surface area contributed by atoms with Gasteiger partial charge in [-0.3, -0.25) is 9.59 Å². The van der Waals surface area contributed by atoms with E-state index in [0.29, 0.717) is 30.4 Å². The molecule has 4 N–H and O–H groups in total. The molecule has 4 rings (SSSR count). The molecule has 0 aliphatic heterocycles. The van der Waals surface area contributed by atoms with Crippen LogP contribution in [-0.2, 0) is 29.1 Å². The molecule has 0 radical (unpaired) electrons. The molecule has 4 aromatic rings. The van der Waals surface area contributed by atoms with Gasteiger partial charge in [-0.05, 0) is 48.0 Å². The second kappa shape index (κ2) is 16.8. The van der Waals surface area contributed by atoms with E-state index in [1.54, 1.807) is 23.5 Å². The smallest absolute Gasteiger partial charge is 0.230 e. The van der Waals surface area contributed by atoms with Gasteiger partial charge in [0, 0.05) is 24.9 Å². The molecule has 0 atom stereocenters. The van der Waals surface area contributed by atoms with Crippen LogP contribution in [0.1, 0.15) is 49.6 Å². The minimum atomic E-state index is -0.0240. The van der Waals surface area contributed by atoms with E-state index < -0.39 is 0 Å². The number of thioether (sulfide) groups is 2. The Balaban J connectivity index is 1.25. The summed E-state index contributed by atoms with van der Waals surface area (Å²) in [4.78, 5) is 33.4. The number of aryl methyl sites for hydroxylation is 1. The number of nitrogens with one attached hydrogen (secondary N) is 2. The maximum Gasteiger partial charge on any atom is 0.230 e. The number of imidazole rings is 1. The number of nitrogens with zero attached hydrogens (tertiary/aromatic N) is 3. The first kappa shape index (κ1) is 32.2. The average molecular weight is 617 g/mol. The van der Waals surface area contributed by atoms with Gasteiger partial charge in [-0.2, -0.15) is 23.5 Å². The van der Waals surface area contributed by atoms with Gasteiger partial charge in [-0.25, -0.2) is 9.97 Å². The number of nitrogens with two attached hydrogens (primary N) is 1. The van der Waals surface area contributed by atoms with Crippen LogP contribution in [0.3, 0.4) is 0 Å². The molecule has 0 bridgehead atoms. The van der Waals surface area contributed by atoms with Crippen LogP contribution < -0.4 is 16.4 Å². The topological polar surface area (TPSA) is 115 Å². The zero-order valence-corrected chi connectivity index (χ0v) is 26.4. The monoisotopic (exact) mass is 616 g/mol. The van der Waals surface area contributed by atoms with Crippen molar-refractivity contribution in [2.75, 3.05) is 35.3 Å². The molecular formula is C33H40N6O2S2. The van der Waals surface area contributed by atoms with Crippen molar-refractivity contribution in [2.24, 2.45) is 0 Å². The van der Waals surface area contributed by atoms with E-state index in [4.69, 9.17) is 17.1 Å². The number of terminal acetylenes is 1. The molecule has 2 heterocycles. The molecule has 226 valence electrons. The molecule has 8 nitrogen and oxygen atoms in total. The Labute approximate surface area is 262 Å². The number of nitrogen functional groups attached to an aromatic ring is 1. The van der Waals surface area contributed by atoms with Gasteiger partial charge in [0.25, 0.3) is 0 Å². The van der Waals surface area contributed by atoms with Crippen LogP contribution in [0.2, 0.25) is 0 Å². The standard InChI is InChI=1S/C33H40N6O2S2/c1-3-5-12-28-38-31-32(26-10-6-7-11-27(26)37-33(31)34)39(28)21-25-15-13-24(14-16-25)20-36-30(41)23-43-19-9-8-18-42-22-29(40)35-17-4-2/h2,6-7,10-11,13-16H,3,5,8-9,12,17-23H2,1H3,(H2,34,37)(H,35,40)(H,36,41). The molecular weight excluding hydrogens is 577 g/mol. The molecule has 10 heteroatoms. The van der Waals surface area contributed by atoms with E-state index in [0.717, 1.165) is 82.5 Å². The molecule has 0 spiro atoms. The second-order valence-corrected chi connectivity index (χ2v) is 12.5. The Morgan fingerprint density at radius 2 is 1.60 bits per heavy atom. The lowest BCUT2D eigenvalue weighted by molar-refractivity contribution is -0.119. The summed E-state index contributed by atoms with van der Waals surface area (Å²) in [6, 6.07) is 16.5. The molecule has 0 fully saturated rings. The summed E-state index contributed by atoms with van der Waals surface area (Å²) in [6.45, 7) is 3.65. The number of carbonyl (C=O) groups is 2. The number of pyridine rings is 1. The number of anilines is 1. The van der Waals surface area contributed by atoms with E-state index >= 15 is 0 Å². The number of benzene rings is 2. The fourth-order valence-electron chi connectivity index (χ4n) is 4.74. The van der Waals surface area contributed by atoms with Gasteiger partial charge in [0.1, 0.15) is 11.3 Å². The van der Waals surface area contributed by atoms with Crippen molar-refractivity contribution in [3.05, 3.63) is 65.5 Å². The number of aromatic nitrogens is 3. The van der Waals surface area contributed by atoms with Crippen molar-refractivity contribution in [3.8, 4) is 12.3 Å². The van der Waals surface area contributed by atoms with Crippen molar-refractivity contribution in [1.29, 1.82) is 0 Å². The van der Waals surface area contributed by atoms with E-state index in [-0.39, 0.29) is 18.4 Å². The molecule has 0 aliphatic carbocycles. The highest BCUT2D eigenvalue weighted by atomic mass is 32.2. The second-order valence-electron chi connectivity index (χ2n) is 10.3. The van der Waals surface area contributed by atoms with Crippen LogP contribution in [0.5, 0.6) is 0 Å². The summed E-state index contributed by atoms with van der Waals surface area (Å²) in [7, 11) is 0. The van der Waals surface area contributed by atoms with Crippen molar-refractivity contribution >= 4 is 63.1 Å². The molecule has 43 heavy (non-hydrogen) atoms. The Morgan fingerprint density at radius 1 is 0.930 bits per heavy atom.